The van der Waals surface area contributed by atoms with E-state index in [9.17, 15) is 4.79 Å². The van der Waals surface area contributed by atoms with Crippen LogP contribution >= 0.6 is 24.0 Å². The van der Waals surface area contributed by atoms with Crippen molar-refractivity contribution >= 4 is 24.0 Å². The van der Waals surface area contributed by atoms with E-state index in [0.29, 0.717) is 10.0 Å². The summed E-state index contributed by atoms with van der Waals surface area (Å²) in [6.07, 6.45) is 3.44. The van der Waals surface area contributed by atoms with Crippen molar-refractivity contribution in [2.45, 2.75) is 37.5 Å². The van der Waals surface area contributed by atoms with Crippen molar-refractivity contribution in [2.75, 3.05) is 5.75 Å². The van der Waals surface area contributed by atoms with Gasteiger partial charge in [0.25, 0.3) is 0 Å². The zero-order valence-corrected chi connectivity index (χ0v) is 10.3. The fourth-order valence-corrected chi connectivity index (χ4v) is 3.74. The molecule has 4 nitrogen and oxygen atoms in total. The highest BCUT2D eigenvalue weighted by atomic mass is 32.2. The molecule has 15 heavy (non-hydrogen) atoms. The molecule has 1 heterocycles. The van der Waals surface area contributed by atoms with Crippen molar-refractivity contribution in [3.8, 4) is 0 Å². The topological polar surface area (TPSA) is 53.6 Å². The number of aromatic nitrogens is 3. The lowest BCUT2D eigenvalue weighted by molar-refractivity contribution is 0.507. The maximum absolute atomic E-state index is 11.6. The Hall–Kier alpha value is -0.490. The van der Waals surface area contributed by atoms with Crippen LogP contribution in [0.15, 0.2) is 4.79 Å². The minimum atomic E-state index is -0.103. The summed E-state index contributed by atoms with van der Waals surface area (Å²) in [4.78, 5) is 11.6. The predicted octanol–water partition coefficient (Wildman–Crippen LogP) is 2.08. The van der Waals surface area contributed by atoms with Crippen LogP contribution in [0.4, 0.5) is 0 Å². The van der Waals surface area contributed by atoms with Gasteiger partial charge in [-0.25, -0.2) is 9.89 Å². The second-order valence-electron chi connectivity index (χ2n) is 3.72. The minimum absolute atomic E-state index is 0.103. The molecule has 2 N–H and O–H groups in total. The van der Waals surface area contributed by atoms with Gasteiger partial charge in [-0.2, -0.15) is 11.8 Å². The SMILES string of the molecule is CCSC1CCCC1n1c(=O)[nH][nH]c1=S. The highest BCUT2D eigenvalue weighted by Crippen LogP contribution is 2.37. The average molecular weight is 245 g/mol. The van der Waals surface area contributed by atoms with E-state index < -0.39 is 0 Å². The summed E-state index contributed by atoms with van der Waals surface area (Å²) in [5.41, 5.74) is -0.103. The maximum Gasteiger partial charge on any atom is 0.342 e. The van der Waals surface area contributed by atoms with Crippen LogP contribution in [0.5, 0.6) is 0 Å². The lowest BCUT2D eigenvalue weighted by Crippen LogP contribution is -2.26. The van der Waals surface area contributed by atoms with Crippen LogP contribution in [-0.2, 0) is 0 Å². The molecule has 2 atom stereocenters. The summed E-state index contributed by atoms with van der Waals surface area (Å²) < 4.78 is 2.23. The van der Waals surface area contributed by atoms with Crippen molar-refractivity contribution in [2.24, 2.45) is 0 Å². The number of rotatable bonds is 3. The van der Waals surface area contributed by atoms with Gasteiger partial charge in [0.05, 0.1) is 6.04 Å². The number of nitrogens with zero attached hydrogens (tertiary/aromatic N) is 1. The Morgan fingerprint density at radius 3 is 2.93 bits per heavy atom. The number of hydrogen-bond acceptors (Lipinski definition) is 3. The van der Waals surface area contributed by atoms with Gasteiger partial charge in [-0.05, 0) is 30.8 Å². The second-order valence-corrected chi connectivity index (χ2v) is 5.63. The number of thioether (sulfide) groups is 1. The Balaban J connectivity index is 2.30. The summed E-state index contributed by atoms with van der Waals surface area (Å²) in [5, 5.41) is 5.79. The summed E-state index contributed by atoms with van der Waals surface area (Å²) >= 11 is 7.04. The Bertz CT molecular complexity index is 406. The van der Waals surface area contributed by atoms with Gasteiger partial charge in [-0.1, -0.05) is 13.3 Å². The van der Waals surface area contributed by atoms with Gasteiger partial charge >= 0.3 is 5.69 Å². The number of aromatic amines is 2. The number of H-pyrrole nitrogens is 2. The third-order valence-corrected chi connectivity index (χ3v) is 4.45. The first-order valence-corrected chi connectivity index (χ1v) is 6.70. The molecule has 1 aliphatic rings. The van der Waals surface area contributed by atoms with Crippen LogP contribution in [0.2, 0.25) is 0 Å². The lowest BCUT2D eigenvalue weighted by atomic mass is 10.2. The summed E-state index contributed by atoms with van der Waals surface area (Å²) in [7, 11) is 0. The first-order chi connectivity index (χ1) is 7.24. The largest absolute Gasteiger partial charge is 0.342 e. The molecule has 84 valence electrons. The smallest absolute Gasteiger partial charge is 0.272 e. The van der Waals surface area contributed by atoms with Crippen LogP contribution in [0.3, 0.4) is 0 Å². The van der Waals surface area contributed by atoms with Gasteiger partial charge in [0.15, 0.2) is 4.77 Å². The molecule has 2 unspecified atom stereocenters. The molecule has 0 aromatic carbocycles. The molecule has 2 rings (SSSR count). The van der Waals surface area contributed by atoms with Crippen LogP contribution in [0, 0.1) is 4.77 Å². The van der Waals surface area contributed by atoms with Gasteiger partial charge in [-0.15, -0.1) is 0 Å². The van der Waals surface area contributed by atoms with Gasteiger partial charge in [0.2, 0.25) is 0 Å². The van der Waals surface area contributed by atoms with E-state index in [-0.39, 0.29) is 11.7 Å². The fraction of sp³-hybridized carbons (Fsp3) is 0.778. The molecule has 6 heteroatoms. The van der Waals surface area contributed by atoms with Gasteiger partial charge in [0, 0.05) is 5.25 Å². The molecule has 1 aromatic rings. The molecule has 1 saturated carbocycles. The van der Waals surface area contributed by atoms with Crippen LogP contribution in [0.25, 0.3) is 0 Å². The van der Waals surface area contributed by atoms with Crippen molar-refractivity contribution in [3.63, 3.8) is 0 Å². The third-order valence-electron chi connectivity index (χ3n) is 2.84. The summed E-state index contributed by atoms with van der Waals surface area (Å²) in [6, 6.07) is 0.275. The highest BCUT2D eigenvalue weighted by molar-refractivity contribution is 7.99. The van der Waals surface area contributed by atoms with Crippen molar-refractivity contribution in [1.29, 1.82) is 0 Å². The quantitative estimate of drug-likeness (QED) is 0.802. The molecule has 1 aromatic heterocycles. The first-order valence-electron chi connectivity index (χ1n) is 5.24. The van der Waals surface area contributed by atoms with E-state index in [1.807, 2.05) is 11.8 Å². The zero-order valence-electron chi connectivity index (χ0n) is 8.66. The van der Waals surface area contributed by atoms with E-state index in [4.69, 9.17) is 12.2 Å². The van der Waals surface area contributed by atoms with Crippen LogP contribution in [-0.4, -0.2) is 25.8 Å². The average Bonchev–Trinajstić information content (AvgIpc) is 2.75. The highest BCUT2D eigenvalue weighted by Gasteiger charge is 2.30. The Kier molecular flexibility index (Phi) is 3.35. The van der Waals surface area contributed by atoms with E-state index in [2.05, 4.69) is 17.1 Å². The first kappa shape index (κ1) is 11.0. The van der Waals surface area contributed by atoms with Crippen molar-refractivity contribution in [1.82, 2.24) is 14.8 Å². The lowest BCUT2D eigenvalue weighted by Gasteiger charge is -2.18. The monoisotopic (exact) mass is 245 g/mol. The second kappa shape index (κ2) is 4.57. The third kappa shape index (κ3) is 2.06. The molecular formula is C9H15N3OS2. The van der Waals surface area contributed by atoms with E-state index in [1.54, 1.807) is 4.57 Å². The molecule has 0 bridgehead atoms. The summed E-state index contributed by atoms with van der Waals surface area (Å²) in [5.74, 6) is 1.09. The number of nitrogens with one attached hydrogen (secondary N) is 2. The van der Waals surface area contributed by atoms with Crippen molar-refractivity contribution in [3.05, 3.63) is 15.3 Å². The van der Waals surface area contributed by atoms with Crippen LogP contribution < -0.4 is 5.69 Å². The van der Waals surface area contributed by atoms with Crippen molar-refractivity contribution < 1.29 is 0 Å². The Labute approximate surface area is 97.5 Å². The molecule has 0 spiro atoms. The zero-order chi connectivity index (χ0) is 10.8. The van der Waals surface area contributed by atoms with Gasteiger partial charge in [0.1, 0.15) is 0 Å². The van der Waals surface area contributed by atoms with E-state index in [0.717, 1.165) is 12.2 Å². The fourth-order valence-electron chi connectivity index (χ4n) is 2.23. The molecule has 0 amide bonds. The molecule has 1 fully saturated rings. The molecular weight excluding hydrogens is 230 g/mol. The Morgan fingerprint density at radius 1 is 1.53 bits per heavy atom. The minimum Gasteiger partial charge on any atom is -0.272 e. The standard InChI is InChI=1S/C9H15N3OS2/c1-2-15-7-5-3-4-6(7)12-8(13)10-11-9(12)14/h6-7H,2-5H2,1H3,(H,10,13)(H,11,14). The van der Waals surface area contributed by atoms with Gasteiger partial charge in [-0.3, -0.25) is 9.67 Å². The predicted molar refractivity (Wildman–Crippen MR) is 65.0 cm³/mol. The van der Waals surface area contributed by atoms with Crippen LogP contribution in [0.1, 0.15) is 32.2 Å². The van der Waals surface area contributed by atoms with Gasteiger partial charge < -0.3 is 0 Å². The maximum atomic E-state index is 11.6. The molecule has 0 saturated heterocycles. The Morgan fingerprint density at radius 2 is 2.33 bits per heavy atom. The number of hydrogen-bond donors (Lipinski definition) is 2. The van der Waals surface area contributed by atoms with E-state index in [1.165, 1.54) is 12.8 Å². The molecule has 0 aliphatic heterocycles. The van der Waals surface area contributed by atoms with E-state index >= 15 is 0 Å². The molecule has 1 aliphatic carbocycles. The normalized spacial score (nSPS) is 25.9. The molecule has 0 radical (unpaired) electrons. The summed E-state index contributed by atoms with van der Waals surface area (Å²) in [6.45, 7) is 2.15.